The molecular weight excluding hydrogens is 216 g/mol. The van der Waals surface area contributed by atoms with Gasteiger partial charge in [-0.05, 0) is 31.5 Å². The maximum absolute atomic E-state index is 11.3. The Kier molecular flexibility index (Phi) is 3.33. The summed E-state index contributed by atoms with van der Waals surface area (Å²) in [5, 5.41) is 0. The topological polar surface area (TPSA) is 55.6 Å². The summed E-state index contributed by atoms with van der Waals surface area (Å²) in [6, 6.07) is 5.62. The van der Waals surface area contributed by atoms with Crippen molar-refractivity contribution in [3.05, 3.63) is 23.8 Å². The van der Waals surface area contributed by atoms with Gasteiger partial charge in [0.15, 0.2) is 5.78 Å². The first-order valence-electron chi connectivity index (χ1n) is 5.80. The second kappa shape index (κ2) is 4.75. The molecule has 1 heterocycles. The van der Waals surface area contributed by atoms with Crippen LogP contribution in [0.1, 0.15) is 23.7 Å². The lowest BCUT2D eigenvalue weighted by Gasteiger charge is -2.19. The normalized spacial score (nSPS) is 19.6. The van der Waals surface area contributed by atoms with Gasteiger partial charge in [-0.1, -0.05) is 0 Å². The van der Waals surface area contributed by atoms with Crippen LogP contribution >= 0.6 is 0 Å². The molecule has 1 aromatic carbocycles. The molecular formula is C13H18N2O2. The zero-order valence-corrected chi connectivity index (χ0v) is 10.3. The van der Waals surface area contributed by atoms with E-state index in [0.29, 0.717) is 17.4 Å². The van der Waals surface area contributed by atoms with Gasteiger partial charge in [0, 0.05) is 37.1 Å². The lowest BCUT2D eigenvalue weighted by Crippen LogP contribution is -2.22. The minimum atomic E-state index is 0.00485. The van der Waals surface area contributed by atoms with Gasteiger partial charge in [0.2, 0.25) is 0 Å². The first kappa shape index (κ1) is 11.9. The second-order valence-corrected chi connectivity index (χ2v) is 4.42. The van der Waals surface area contributed by atoms with Gasteiger partial charge < -0.3 is 15.4 Å². The molecule has 0 bridgehead atoms. The average molecular weight is 234 g/mol. The number of hydrogen-bond acceptors (Lipinski definition) is 4. The van der Waals surface area contributed by atoms with E-state index in [1.165, 1.54) is 6.92 Å². The van der Waals surface area contributed by atoms with Gasteiger partial charge in [-0.3, -0.25) is 4.79 Å². The van der Waals surface area contributed by atoms with Gasteiger partial charge in [-0.25, -0.2) is 0 Å². The molecule has 0 spiro atoms. The van der Waals surface area contributed by atoms with Crippen molar-refractivity contribution in [3.8, 4) is 0 Å². The summed E-state index contributed by atoms with van der Waals surface area (Å²) in [5.41, 5.74) is 8.09. The molecule has 1 fully saturated rings. The van der Waals surface area contributed by atoms with Crippen LogP contribution in [0, 0.1) is 0 Å². The van der Waals surface area contributed by atoms with E-state index in [0.717, 1.165) is 25.2 Å². The Balaban J connectivity index is 2.18. The molecule has 92 valence electrons. The number of hydrogen-bond donors (Lipinski definition) is 1. The van der Waals surface area contributed by atoms with Gasteiger partial charge in [0.05, 0.1) is 6.10 Å². The minimum absolute atomic E-state index is 0.00485. The summed E-state index contributed by atoms with van der Waals surface area (Å²) in [5.74, 6) is 0.00485. The largest absolute Gasteiger partial charge is 0.398 e. The SMILES string of the molecule is COC1CCN(c2ccc(C(C)=O)c(N)c2)C1. The fourth-order valence-corrected chi connectivity index (χ4v) is 2.22. The van der Waals surface area contributed by atoms with Crippen molar-refractivity contribution >= 4 is 17.2 Å². The Morgan fingerprint density at radius 3 is 2.82 bits per heavy atom. The molecule has 1 atom stereocenters. The predicted octanol–water partition coefficient (Wildman–Crippen LogP) is 1.70. The summed E-state index contributed by atoms with van der Waals surface area (Å²) in [6.45, 7) is 3.38. The molecule has 0 saturated carbocycles. The van der Waals surface area contributed by atoms with Crippen molar-refractivity contribution in [2.75, 3.05) is 30.8 Å². The van der Waals surface area contributed by atoms with Crippen LogP contribution in [0.15, 0.2) is 18.2 Å². The van der Waals surface area contributed by atoms with E-state index in [-0.39, 0.29) is 5.78 Å². The number of nitrogens with two attached hydrogens (primary N) is 1. The smallest absolute Gasteiger partial charge is 0.161 e. The number of ether oxygens (including phenoxy) is 1. The summed E-state index contributed by atoms with van der Waals surface area (Å²) in [4.78, 5) is 13.5. The van der Waals surface area contributed by atoms with Crippen LogP contribution in [-0.4, -0.2) is 32.1 Å². The van der Waals surface area contributed by atoms with Crippen molar-refractivity contribution in [1.82, 2.24) is 0 Å². The molecule has 2 N–H and O–H groups in total. The third kappa shape index (κ3) is 2.42. The summed E-state index contributed by atoms with van der Waals surface area (Å²) in [7, 11) is 1.74. The highest BCUT2D eigenvalue weighted by molar-refractivity contribution is 5.99. The molecule has 0 aromatic heterocycles. The number of anilines is 2. The van der Waals surface area contributed by atoms with E-state index in [1.54, 1.807) is 13.2 Å². The summed E-state index contributed by atoms with van der Waals surface area (Å²) in [6.07, 6.45) is 1.33. The summed E-state index contributed by atoms with van der Waals surface area (Å²) < 4.78 is 5.33. The number of methoxy groups -OCH3 is 1. The Hall–Kier alpha value is -1.55. The maximum Gasteiger partial charge on any atom is 0.161 e. The Bertz CT molecular complexity index is 431. The number of carbonyl (C=O) groups excluding carboxylic acids is 1. The van der Waals surface area contributed by atoms with E-state index in [4.69, 9.17) is 10.5 Å². The van der Waals surface area contributed by atoms with Gasteiger partial charge in [-0.15, -0.1) is 0 Å². The van der Waals surface area contributed by atoms with Gasteiger partial charge in [0.25, 0.3) is 0 Å². The fourth-order valence-electron chi connectivity index (χ4n) is 2.22. The number of rotatable bonds is 3. The molecule has 4 nitrogen and oxygen atoms in total. The minimum Gasteiger partial charge on any atom is -0.398 e. The van der Waals surface area contributed by atoms with Crippen LogP contribution in [0.4, 0.5) is 11.4 Å². The highest BCUT2D eigenvalue weighted by Gasteiger charge is 2.22. The van der Waals surface area contributed by atoms with Crippen LogP contribution in [0.3, 0.4) is 0 Å². The van der Waals surface area contributed by atoms with Crippen LogP contribution in [0.5, 0.6) is 0 Å². The Labute approximate surface area is 101 Å². The van der Waals surface area contributed by atoms with Crippen molar-refractivity contribution < 1.29 is 9.53 Å². The van der Waals surface area contributed by atoms with Crippen molar-refractivity contribution in [1.29, 1.82) is 0 Å². The lowest BCUT2D eigenvalue weighted by atomic mass is 10.1. The molecule has 17 heavy (non-hydrogen) atoms. The Morgan fingerprint density at radius 1 is 1.53 bits per heavy atom. The number of ketones is 1. The molecule has 1 unspecified atom stereocenters. The molecule has 1 aliphatic heterocycles. The zero-order valence-electron chi connectivity index (χ0n) is 10.3. The predicted molar refractivity (Wildman–Crippen MR) is 68.5 cm³/mol. The molecule has 0 radical (unpaired) electrons. The lowest BCUT2D eigenvalue weighted by molar-refractivity contribution is 0.101. The number of benzene rings is 1. The first-order valence-corrected chi connectivity index (χ1v) is 5.80. The quantitative estimate of drug-likeness (QED) is 0.639. The number of carbonyl (C=O) groups is 1. The average Bonchev–Trinajstić information content (AvgIpc) is 2.76. The number of Topliss-reactive ketones (excluding diaryl/α,β-unsaturated/α-hetero) is 1. The van der Waals surface area contributed by atoms with Gasteiger partial charge in [-0.2, -0.15) is 0 Å². The molecule has 2 rings (SSSR count). The zero-order chi connectivity index (χ0) is 12.4. The molecule has 4 heteroatoms. The van der Waals surface area contributed by atoms with Gasteiger partial charge in [0.1, 0.15) is 0 Å². The second-order valence-electron chi connectivity index (χ2n) is 4.42. The van der Waals surface area contributed by atoms with Crippen LogP contribution in [0.2, 0.25) is 0 Å². The fraction of sp³-hybridized carbons (Fsp3) is 0.462. The highest BCUT2D eigenvalue weighted by atomic mass is 16.5. The number of nitrogens with zero attached hydrogens (tertiary/aromatic N) is 1. The first-order chi connectivity index (χ1) is 8.11. The van der Waals surface area contributed by atoms with E-state index in [2.05, 4.69) is 4.90 Å². The van der Waals surface area contributed by atoms with E-state index in [1.807, 2.05) is 12.1 Å². The van der Waals surface area contributed by atoms with Crippen LogP contribution in [0.25, 0.3) is 0 Å². The standard InChI is InChI=1S/C13H18N2O2/c1-9(16)12-4-3-10(7-13(12)14)15-6-5-11(8-15)17-2/h3-4,7,11H,5-6,8,14H2,1-2H3. The van der Waals surface area contributed by atoms with E-state index < -0.39 is 0 Å². The number of nitrogen functional groups attached to an aromatic ring is 1. The maximum atomic E-state index is 11.3. The van der Waals surface area contributed by atoms with Crippen molar-refractivity contribution in [2.24, 2.45) is 0 Å². The molecule has 0 amide bonds. The molecule has 1 aliphatic rings. The van der Waals surface area contributed by atoms with Crippen LogP contribution in [-0.2, 0) is 4.74 Å². The van der Waals surface area contributed by atoms with E-state index in [9.17, 15) is 4.79 Å². The van der Waals surface area contributed by atoms with Crippen molar-refractivity contribution in [3.63, 3.8) is 0 Å². The Morgan fingerprint density at radius 2 is 2.29 bits per heavy atom. The van der Waals surface area contributed by atoms with Crippen LogP contribution < -0.4 is 10.6 Å². The highest BCUT2D eigenvalue weighted by Crippen LogP contribution is 2.25. The summed E-state index contributed by atoms with van der Waals surface area (Å²) >= 11 is 0. The third-order valence-electron chi connectivity index (χ3n) is 3.26. The molecule has 1 saturated heterocycles. The monoisotopic (exact) mass is 234 g/mol. The molecule has 1 aromatic rings. The van der Waals surface area contributed by atoms with Crippen molar-refractivity contribution in [2.45, 2.75) is 19.4 Å². The molecule has 0 aliphatic carbocycles. The third-order valence-corrected chi connectivity index (χ3v) is 3.26. The van der Waals surface area contributed by atoms with Gasteiger partial charge >= 0.3 is 0 Å². The van der Waals surface area contributed by atoms with E-state index >= 15 is 0 Å².